The summed E-state index contributed by atoms with van der Waals surface area (Å²) in [4.78, 5) is 16.3. The summed E-state index contributed by atoms with van der Waals surface area (Å²) in [7, 11) is 0. The van der Waals surface area contributed by atoms with Gasteiger partial charge in [-0.2, -0.15) is 0 Å². The molecule has 6 heteroatoms. The second-order valence-electron chi connectivity index (χ2n) is 1.31. The van der Waals surface area contributed by atoms with Crippen LogP contribution in [0.15, 0.2) is 24.8 Å². The van der Waals surface area contributed by atoms with Crippen LogP contribution in [0.25, 0.3) is 0 Å². The maximum Gasteiger partial charge on any atom is 0.309 e. The lowest BCUT2D eigenvalue weighted by atomic mass is 10.7. The standard InChI is InChI=1S/C4H4N2.CH4N2O.FH/c1-2-5-4-6-3-1;2-1(3)4;/h1-4H;(H4,2,3,4);1H. The first-order valence-corrected chi connectivity index (χ1v) is 2.48. The normalized spacial score (nSPS) is 6.55. The Kier molecular flexibility index (Phi) is 9.04. The number of rotatable bonds is 0. The third-order valence-electron chi connectivity index (χ3n) is 0.478. The van der Waals surface area contributed by atoms with Crippen molar-refractivity contribution in [3.8, 4) is 0 Å². The van der Waals surface area contributed by atoms with Crippen molar-refractivity contribution in [3.63, 3.8) is 0 Å². The van der Waals surface area contributed by atoms with E-state index in [1.807, 2.05) is 0 Å². The van der Waals surface area contributed by atoms with Crippen molar-refractivity contribution in [1.29, 1.82) is 0 Å². The van der Waals surface area contributed by atoms with Crippen LogP contribution in [0, 0.1) is 0 Å². The Labute approximate surface area is 62.8 Å². The Morgan fingerprint density at radius 1 is 1.18 bits per heavy atom. The molecule has 1 aromatic heterocycles. The number of carbonyl (C=O) groups excluding carboxylic acids is 1. The van der Waals surface area contributed by atoms with E-state index in [-0.39, 0.29) is 4.70 Å². The lowest BCUT2D eigenvalue weighted by molar-refractivity contribution is 0.256. The number of primary amides is 2. The largest absolute Gasteiger partial charge is 0.352 e. The molecule has 1 rings (SSSR count). The second-order valence-corrected chi connectivity index (χ2v) is 1.31. The van der Waals surface area contributed by atoms with E-state index in [4.69, 9.17) is 4.79 Å². The zero-order chi connectivity index (χ0) is 7.82. The lowest BCUT2D eigenvalue weighted by Crippen LogP contribution is -2.18. The van der Waals surface area contributed by atoms with Gasteiger partial charge in [0.15, 0.2) is 0 Å². The fraction of sp³-hybridized carbons (Fsp3) is 0. The van der Waals surface area contributed by atoms with Crippen LogP contribution in [-0.4, -0.2) is 16.0 Å². The Balaban J connectivity index is 0. The molecule has 5 nitrogen and oxygen atoms in total. The van der Waals surface area contributed by atoms with Crippen LogP contribution in [0.4, 0.5) is 9.50 Å². The minimum atomic E-state index is -0.833. The molecule has 11 heavy (non-hydrogen) atoms. The fourth-order valence-corrected chi connectivity index (χ4v) is 0.253. The molecule has 0 atom stereocenters. The summed E-state index contributed by atoms with van der Waals surface area (Å²) in [6.45, 7) is 0. The van der Waals surface area contributed by atoms with Crippen molar-refractivity contribution in [1.82, 2.24) is 9.97 Å². The highest BCUT2D eigenvalue weighted by atomic mass is 19.0. The van der Waals surface area contributed by atoms with Gasteiger partial charge in [0.05, 0.1) is 0 Å². The van der Waals surface area contributed by atoms with Gasteiger partial charge in [-0.15, -0.1) is 0 Å². The van der Waals surface area contributed by atoms with Crippen molar-refractivity contribution < 1.29 is 9.50 Å². The minimum absolute atomic E-state index is 0. The van der Waals surface area contributed by atoms with Crippen LogP contribution in [0.3, 0.4) is 0 Å². The van der Waals surface area contributed by atoms with Crippen LogP contribution >= 0.6 is 0 Å². The number of halogens is 1. The van der Waals surface area contributed by atoms with Gasteiger partial charge in [-0.25, -0.2) is 14.8 Å². The van der Waals surface area contributed by atoms with Crippen LogP contribution < -0.4 is 11.5 Å². The van der Waals surface area contributed by atoms with Gasteiger partial charge in [0.1, 0.15) is 6.33 Å². The van der Waals surface area contributed by atoms with Gasteiger partial charge in [0.2, 0.25) is 0 Å². The van der Waals surface area contributed by atoms with Crippen molar-refractivity contribution in [3.05, 3.63) is 24.8 Å². The van der Waals surface area contributed by atoms with Gasteiger partial charge in [0, 0.05) is 12.4 Å². The molecule has 0 aliphatic rings. The average molecular weight is 160 g/mol. The quantitative estimate of drug-likeness (QED) is 0.543. The summed E-state index contributed by atoms with van der Waals surface area (Å²) in [5.74, 6) is 0. The number of carbonyl (C=O) groups is 1. The molecule has 62 valence electrons. The van der Waals surface area contributed by atoms with Gasteiger partial charge < -0.3 is 11.5 Å². The van der Waals surface area contributed by atoms with Crippen molar-refractivity contribution in [2.75, 3.05) is 0 Å². The first-order valence-electron chi connectivity index (χ1n) is 2.48. The molecule has 0 fully saturated rings. The molecule has 0 radical (unpaired) electrons. The van der Waals surface area contributed by atoms with Crippen molar-refractivity contribution in [2.24, 2.45) is 11.5 Å². The number of hydrogen-bond acceptors (Lipinski definition) is 3. The van der Waals surface area contributed by atoms with E-state index in [0.29, 0.717) is 0 Å². The predicted molar refractivity (Wildman–Crippen MR) is 38.3 cm³/mol. The zero-order valence-corrected chi connectivity index (χ0v) is 5.68. The highest BCUT2D eigenvalue weighted by molar-refractivity contribution is 5.69. The number of nitrogens with two attached hydrogens (primary N) is 2. The molecule has 2 amide bonds. The number of nitrogens with zero attached hydrogens (tertiary/aromatic N) is 2. The first-order chi connectivity index (χ1) is 4.73. The number of urea groups is 1. The minimum Gasteiger partial charge on any atom is -0.352 e. The van der Waals surface area contributed by atoms with Crippen molar-refractivity contribution in [2.45, 2.75) is 0 Å². The first kappa shape index (κ1) is 12.0. The molecular formula is C5H9FN4O. The molecule has 0 aliphatic carbocycles. The van der Waals surface area contributed by atoms with Gasteiger partial charge >= 0.3 is 6.03 Å². The summed E-state index contributed by atoms with van der Waals surface area (Å²) in [6.07, 6.45) is 4.88. The Morgan fingerprint density at radius 3 is 1.64 bits per heavy atom. The van der Waals surface area contributed by atoms with E-state index in [2.05, 4.69) is 21.4 Å². The number of aromatic nitrogens is 2. The van der Waals surface area contributed by atoms with Crippen LogP contribution in [0.1, 0.15) is 0 Å². The summed E-state index contributed by atoms with van der Waals surface area (Å²) in [5, 5.41) is 0. The van der Waals surface area contributed by atoms with E-state index in [1.54, 1.807) is 18.5 Å². The predicted octanol–water partition coefficient (Wildman–Crippen LogP) is -0.347. The highest BCUT2D eigenvalue weighted by Gasteiger charge is 1.60. The molecule has 4 N–H and O–H groups in total. The van der Waals surface area contributed by atoms with Crippen LogP contribution in [-0.2, 0) is 0 Å². The third kappa shape index (κ3) is 17.8. The molecule has 0 aliphatic heterocycles. The topological polar surface area (TPSA) is 94.9 Å². The maximum absolute atomic E-state index is 9.00. The molecule has 0 bridgehead atoms. The zero-order valence-electron chi connectivity index (χ0n) is 5.68. The highest BCUT2D eigenvalue weighted by Crippen LogP contribution is 1.66. The smallest absolute Gasteiger partial charge is 0.309 e. The summed E-state index contributed by atoms with van der Waals surface area (Å²) in [5.41, 5.74) is 8.50. The number of amides is 2. The molecule has 0 saturated heterocycles. The summed E-state index contributed by atoms with van der Waals surface area (Å²) >= 11 is 0. The van der Waals surface area contributed by atoms with Gasteiger partial charge in [-0.3, -0.25) is 4.70 Å². The number of hydrogen-bond donors (Lipinski definition) is 2. The van der Waals surface area contributed by atoms with E-state index in [1.165, 1.54) is 6.33 Å². The van der Waals surface area contributed by atoms with E-state index >= 15 is 0 Å². The van der Waals surface area contributed by atoms with Gasteiger partial charge in [0.25, 0.3) is 0 Å². The van der Waals surface area contributed by atoms with E-state index in [0.717, 1.165) is 0 Å². The molecular weight excluding hydrogens is 151 g/mol. The van der Waals surface area contributed by atoms with E-state index < -0.39 is 6.03 Å². The second kappa shape index (κ2) is 8.28. The molecule has 1 aromatic rings. The SMILES string of the molecule is F.NC(N)=O.c1cncnc1. The molecule has 0 aromatic carbocycles. The van der Waals surface area contributed by atoms with Gasteiger partial charge in [-0.05, 0) is 6.07 Å². The summed E-state index contributed by atoms with van der Waals surface area (Å²) in [6, 6.07) is 0.944. The van der Waals surface area contributed by atoms with Crippen molar-refractivity contribution >= 4 is 6.03 Å². The monoisotopic (exact) mass is 160 g/mol. The average Bonchev–Trinajstić information content (AvgIpc) is 1.90. The molecule has 0 spiro atoms. The van der Waals surface area contributed by atoms with Crippen LogP contribution in [0.2, 0.25) is 0 Å². The van der Waals surface area contributed by atoms with Gasteiger partial charge in [-0.1, -0.05) is 0 Å². The molecule has 1 heterocycles. The third-order valence-corrected chi connectivity index (χ3v) is 0.478. The lowest BCUT2D eigenvalue weighted by Gasteiger charge is -1.70. The van der Waals surface area contributed by atoms with E-state index in [9.17, 15) is 0 Å². The fourth-order valence-electron chi connectivity index (χ4n) is 0.253. The summed E-state index contributed by atoms with van der Waals surface area (Å²) < 4.78 is 0. The Morgan fingerprint density at radius 2 is 1.55 bits per heavy atom. The Bertz CT molecular complexity index is 150. The maximum atomic E-state index is 9.00. The molecule has 0 unspecified atom stereocenters. The Hall–Kier alpha value is -1.72. The van der Waals surface area contributed by atoms with Crippen LogP contribution in [0.5, 0.6) is 0 Å². The molecule has 0 saturated carbocycles.